The number of hydrogen-bond donors (Lipinski definition) is 1. The molecule has 2 aliphatic heterocycles. The predicted molar refractivity (Wildman–Crippen MR) is 125 cm³/mol. The molecule has 1 atom stereocenters. The molecule has 4 heterocycles. The molecule has 11 heteroatoms. The van der Waals surface area contributed by atoms with Gasteiger partial charge < -0.3 is 10.1 Å². The number of nitrogens with one attached hydrogen (secondary N) is 1. The van der Waals surface area contributed by atoms with Crippen LogP contribution in [0.2, 0.25) is 0 Å². The Bertz CT molecular complexity index is 1160. The van der Waals surface area contributed by atoms with E-state index in [1.54, 1.807) is 7.11 Å². The number of allylic oxidation sites excluding steroid dienone is 1. The first-order valence-corrected chi connectivity index (χ1v) is 11.4. The lowest BCUT2D eigenvalue weighted by Gasteiger charge is -2.35. The highest BCUT2D eigenvalue weighted by Gasteiger charge is 2.33. The molecule has 34 heavy (non-hydrogen) atoms. The highest BCUT2D eigenvalue weighted by atomic mass is 32.1. The Hall–Kier alpha value is -3.18. The molecule has 2 aromatic heterocycles. The number of alkyl halides is 3. The van der Waals surface area contributed by atoms with Gasteiger partial charge in [-0.1, -0.05) is 12.7 Å². The second-order valence-electron chi connectivity index (χ2n) is 7.99. The first kappa shape index (κ1) is 24.0. The molecule has 2 amide bonds. The molecule has 0 bridgehead atoms. The SMILES string of the molecule is C=C(C)c1ccc(C2=CCN(C3N=CN(Cc4ccc(C(F)(F)F)s4)C(=O)N3)CC2)nc1OC. The Morgan fingerprint density at radius 2 is 2.12 bits per heavy atom. The van der Waals surface area contributed by atoms with Crippen molar-refractivity contribution in [2.45, 2.75) is 32.4 Å². The average Bonchev–Trinajstić information content (AvgIpc) is 3.29. The van der Waals surface area contributed by atoms with Crippen molar-refractivity contribution in [2.24, 2.45) is 4.99 Å². The first-order chi connectivity index (χ1) is 16.2. The highest BCUT2D eigenvalue weighted by Crippen LogP contribution is 2.35. The fourth-order valence-corrected chi connectivity index (χ4v) is 4.62. The lowest BCUT2D eigenvalue weighted by atomic mass is 10.0. The topological polar surface area (TPSA) is 70.1 Å². The summed E-state index contributed by atoms with van der Waals surface area (Å²) in [5.74, 6) is 0.533. The average molecular weight is 492 g/mol. The van der Waals surface area contributed by atoms with E-state index in [0.29, 0.717) is 41.6 Å². The number of halogens is 3. The van der Waals surface area contributed by atoms with E-state index in [1.807, 2.05) is 30.0 Å². The van der Waals surface area contributed by atoms with E-state index in [1.165, 1.54) is 17.3 Å². The maximum Gasteiger partial charge on any atom is 0.425 e. The van der Waals surface area contributed by atoms with Crippen molar-refractivity contribution in [2.75, 3.05) is 20.2 Å². The summed E-state index contributed by atoms with van der Waals surface area (Å²) < 4.78 is 43.8. The second kappa shape index (κ2) is 9.59. The molecule has 0 saturated carbocycles. The maximum absolute atomic E-state index is 12.8. The molecule has 0 saturated heterocycles. The van der Waals surface area contributed by atoms with Gasteiger partial charge in [0, 0.05) is 23.5 Å². The van der Waals surface area contributed by atoms with Crippen LogP contribution in [0.1, 0.15) is 34.4 Å². The molecule has 2 aromatic rings. The van der Waals surface area contributed by atoms with E-state index in [2.05, 4.69) is 21.9 Å². The quantitative estimate of drug-likeness (QED) is 0.629. The van der Waals surface area contributed by atoms with Gasteiger partial charge in [0.05, 0.1) is 25.7 Å². The lowest BCUT2D eigenvalue weighted by Crippen LogP contribution is -2.55. The summed E-state index contributed by atoms with van der Waals surface area (Å²) in [6.07, 6.45) is -0.782. The maximum atomic E-state index is 12.8. The number of pyridine rings is 1. The van der Waals surface area contributed by atoms with Crippen molar-refractivity contribution in [1.29, 1.82) is 0 Å². The molecule has 1 unspecified atom stereocenters. The Kier molecular flexibility index (Phi) is 6.76. The van der Waals surface area contributed by atoms with Crippen molar-refractivity contribution < 1.29 is 22.7 Å². The van der Waals surface area contributed by atoms with Crippen LogP contribution < -0.4 is 10.1 Å². The van der Waals surface area contributed by atoms with Crippen LogP contribution in [-0.4, -0.2) is 53.6 Å². The highest BCUT2D eigenvalue weighted by molar-refractivity contribution is 7.12. The minimum atomic E-state index is -4.39. The fourth-order valence-electron chi connectivity index (χ4n) is 3.75. The Balaban J connectivity index is 1.39. The van der Waals surface area contributed by atoms with Gasteiger partial charge in [0.2, 0.25) is 5.88 Å². The van der Waals surface area contributed by atoms with Gasteiger partial charge in [0.15, 0.2) is 6.29 Å². The van der Waals surface area contributed by atoms with Crippen LogP contribution in [0.5, 0.6) is 5.88 Å². The number of urea groups is 1. The number of carbonyl (C=O) groups excluding carboxylic acids is 1. The van der Waals surface area contributed by atoms with E-state index >= 15 is 0 Å². The van der Waals surface area contributed by atoms with Gasteiger partial charge in [-0.2, -0.15) is 13.2 Å². The number of ether oxygens (including phenoxy) is 1. The summed E-state index contributed by atoms with van der Waals surface area (Å²) in [5.41, 5.74) is 3.65. The van der Waals surface area contributed by atoms with Crippen molar-refractivity contribution in [1.82, 2.24) is 20.1 Å². The van der Waals surface area contributed by atoms with Crippen LogP contribution in [0.3, 0.4) is 0 Å². The zero-order valence-corrected chi connectivity index (χ0v) is 19.5. The summed E-state index contributed by atoms with van der Waals surface area (Å²) >= 11 is 0.621. The smallest absolute Gasteiger partial charge is 0.425 e. The minimum absolute atomic E-state index is 0.0283. The molecule has 0 radical (unpaired) electrons. The van der Waals surface area contributed by atoms with E-state index in [0.717, 1.165) is 28.5 Å². The third kappa shape index (κ3) is 5.15. The van der Waals surface area contributed by atoms with Gasteiger partial charge in [0.1, 0.15) is 4.88 Å². The van der Waals surface area contributed by atoms with Gasteiger partial charge in [0.25, 0.3) is 0 Å². The normalized spacial score (nSPS) is 19.1. The molecular formula is C23H24F3N5O2S. The molecule has 0 spiro atoms. The number of carbonyl (C=O) groups is 1. The van der Waals surface area contributed by atoms with E-state index < -0.39 is 23.4 Å². The number of hydrogen-bond acceptors (Lipinski definition) is 6. The van der Waals surface area contributed by atoms with Crippen LogP contribution in [0.25, 0.3) is 11.1 Å². The number of amides is 2. The van der Waals surface area contributed by atoms with Gasteiger partial charge in [-0.3, -0.25) is 9.80 Å². The van der Waals surface area contributed by atoms with Crippen LogP contribution in [0, 0.1) is 0 Å². The molecule has 0 fully saturated rings. The van der Waals surface area contributed by atoms with Crippen molar-refractivity contribution in [3.05, 3.63) is 57.9 Å². The van der Waals surface area contributed by atoms with Crippen LogP contribution in [0.4, 0.5) is 18.0 Å². The molecule has 4 rings (SSSR count). The summed E-state index contributed by atoms with van der Waals surface area (Å²) in [7, 11) is 1.58. The van der Waals surface area contributed by atoms with Crippen LogP contribution >= 0.6 is 11.3 Å². The minimum Gasteiger partial charge on any atom is -0.481 e. The van der Waals surface area contributed by atoms with E-state index in [9.17, 15) is 18.0 Å². The molecule has 2 aliphatic rings. The summed E-state index contributed by atoms with van der Waals surface area (Å²) in [6.45, 7) is 7.09. The monoisotopic (exact) mass is 491 g/mol. The zero-order chi connectivity index (χ0) is 24.5. The van der Waals surface area contributed by atoms with Crippen molar-refractivity contribution in [3.8, 4) is 5.88 Å². The number of thiophene rings is 1. The molecule has 1 N–H and O–H groups in total. The van der Waals surface area contributed by atoms with Crippen LogP contribution in [-0.2, 0) is 12.7 Å². The third-order valence-corrected chi connectivity index (χ3v) is 6.67. The lowest BCUT2D eigenvalue weighted by molar-refractivity contribution is -0.134. The van der Waals surface area contributed by atoms with Crippen molar-refractivity contribution >= 4 is 34.9 Å². The molecule has 0 aromatic carbocycles. The number of methoxy groups -OCH3 is 1. The van der Waals surface area contributed by atoms with Crippen molar-refractivity contribution in [3.63, 3.8) is 0 Å². The molecule has 180 valence electrons. The summed E-state index contributed by atoms with van der Waals surface area (Å²) in [5, 5.41) is 2.81. The van der Waals surface area contributed by atoms with Crippen LogP contribution in [0.15, 0.2) is 41.9 Å². The standard InChI is InChI=1S/C23H24F3N5O2S/c1-14(2)17-5-6-18(28-20(17)33-3)15-8-10-30(11-9-15)21-27-13-31(22(32)29-21)12-16-4-7-19(34-16)23(24,25)26/h4-8,13,21H,1,9-12H2,2-3H3,(H,29,32). The van der Waals surface area contributed by atoms with Gasteiger partial charge in [-0.05, 0) is 48.8 Å². The molecule has 0 aliphatic carbocycles. The number of rotatable bonds is 6. The first-order valence-electron chi connectivity index (χ1n) is 10.6. The Labute approximate surface area is 199 Å². The fraction of sp³-hybridized carbons (Fsp3) is 0.348. The third-order valence-electron chi connectivity index (χ3n) is 5.56. The number of nitrogens with zero attached hydrogens (tertiary/aromatic N) is 4. The van der Waals surface area contributed by atoms with E-state index in [4.69, 9.17) is 4.74 Å². The van der Waals surface area contributed by atoms with Gasteiger partial charge in [-0.25, -0.2) is 14.8 Å². The zero-order valence-electron chi connectivity index (χ0n) is 18.7. The number of aliphatic imine (C=N–C) groups is 1. The second-order valence-corrected chi connectivity index (χ2v) is 9.16. The Morgan fingerprint density at radius 1 is 1.32 bits per heavy atom. The van der Waals surface area contributed by atoms with Gasteiger partial charge in [-0.15, -0.1) is 11.3 Å². The van der Waals surface area contributed by atoms with Gasteiger partial charge >= 0.3 is 12.2 Å². The summed E-state index contributed by atoms with van der Waals surface area (Å²) in [6, 6.07) is 5.89. The molecule has 7 nitrogen and oxygen atoms in total. The van der Waals surface area contributed by atoms with E-state index in [-0.39, 0.29) is 6.54 Å². The Morgan fingerprint density at radius 3 is 2.71 bits per heavy atom. The number of aromatic nitrogens is 1. The summed E-state index contributed by atoms with van der Waals surface area (Å²) in [4.78, 5) is 24.5. The largest absolute Gasteiger partial charge is 0.481 e. The predicted octanol–water partition coefficient (Wildman–Crippen LogP) is 4.83. The molecular weight excluding hydrogens is 467 g/mol.